The van der Waals surface area contributed by atoms with Crippen molar-refractivity contribution in [3.05, 3.63) is 12.2 Å². The molecule has 0 saturated carbocycles. The van der Waals surface area contributed by atoms with Crippen LogP contribution in [0.15, 0.2) is 12.2 Å². The summed E-state index contributed by atoms with van der Waals surface area (Å²) in [5.41, 5.74) is 4.98. The molecule has 0 spiro atoms. The van der Waals surface area contributed by atoms with Crippen molar-refractivity contribution in [2.45, 2.75) is 0 Å². The van der Waals surface area contributed by atoms with Crippen molar-refractivity contribution in [2.24, 2.45) is 5.73 Å². The Kier molecular flexibility index (Phi) is 12.6. The molecular formula is C4H7ClN2. The van der Waals surface area contributed by atoms with Gasteiger partial charge in [-0.3, -0.25) is 0 Å². The summed E-state index contributed by atoms with van der Waals surface area (Å²) in [6.45, 7) is 0.452. The molecule has 2 nitrogen and oxygen atoms in total. The molecule has 2 N–H and O–H groups in total. The van der Waals surface area contributed by atoms with E-state index in [0.29, 0.717) is 6.54 Å². The maximum atomic E-state index is 7.80. The Hall–Kier alpha value is -0.520. The third-order valence-electron chi connectivity index (χ3n) is 0.328. The zero-order valence-electron chi connectivity index (χ0n) is 3.79. The SMILES string of the molecule is Cl.N#C/C=C/CN. The van der Waals surface area contributed by atoms with Crippen molar-refractivity contribution < 1.29 is 0 Å². The number of nitrogens with zero attached hydrogens (tertiary/aromatic N) is 1. The minimum absolute atomic E-state index is 0. The van der Waals surface area contributed by atoms with Crippen LogP contribution in [0.1, 0.15) is 0 Å². The molecular weight excluding hydrogens is 112 g/mol. The Morgan fingerprint density at radius 2 is 2.29 bits per heavy atom. The van der Waals surface area contributed by atoms with Gasteiger partial charge in [-0.15, -0.1) is 12.4 Å². The number of nitrogens with two attached hydrogens (primary N) is 1. The van der Waals surface area contributed by atoms with Crippen LogP contribution in [0.3, 0.4) is 0 Å². The van der Waals surface area contributed by atoms with Crippen LogP contribution in [0.25, 0.3) is 0 Å². The fraction of sp³-hybridized carbons (Fsp3) is 0.250. The van der Waals surface area contributed by atoms with Crippen LogP contribution >= 0.6 is 12.4 Å². The van der Waals surface area contributed by atoms with E-state index in [1.165, 1.54) is 6.08 Å². The van der Waals surface area contributed by atoms with Gasteiger partial charge in [-0.05, 0) is 0 Å². The third kappa shape index (κ3) is 10.8. The van der Waals surface area contributed by atoms with Gasteiger partial charge in [0, 0.05) is 12.6 Å². The summed E-state index contributed by atoms with van der Waals surface area (Å²) in [5.74, 6) is 0. The van der Waals surface area contributed by atoms with E-state index >= 15 is 0 Å². The van der Waals surface area contributed by atoms with E-state index in [-0.39, 0.29) is 12.4 Å². The molecule has 0 bridgehead atoms. The average molecular weight is 119 g/mol. The third-order valence-corrected chi connectivity index (χ3v) is 0.328. The molecule has 0 heterocycles. The van der Waals surface area contributed by atoms with E-state index < -0.39 is 0 Å². The molecule has 7 heavy (non-hydrogen) atoms. The van der Waals surface area contributed by atoms with Gasteiger partial charge < -0.3 is 5.73 Å². The maximum absolute atomic E-state index is 7.80. The number of allylic oxidation sites excluding steroid dienone is 1. The fourth-order valence-electron chi connectivity index (χ4n) is 0.121. The first-order chi connectivity index (χ1) is 2.91. The van der Waals surface area contributed by atoms with E-state index in [2.05, 4.69) is 0 Å². The molecule has 0 aromatic carbocycles. The van der Waals surface area contributed by atoms with E-state index in [4.69, 9.17) is 11.0 Å². The molecule has 0 aromatic heterocycles. The van der Waals surface area contributed by atoms with Crippen molar-refractivity contribution in [2.75, 3.05) is 6.54 Å². The zero-order valence-corrected chi connectivity index (χ0v) is 4.61. The minimum Gasteiger partial charge on any atom is -0.327 e. The van der Waals surface area contributed by atoms with Crippen LogP contribution in [0.2, 0.25) is 0 Å². The molecule has 0 unspecified atom stereocenters. The Balaban J connectivity index is 0. The van der Waals surface area contributed by atoms with E-state index in [9.17, 15) is 0 Å². The lowest BCUT2D eigenvalue weighted by molar-refractivity contribution is 1.25. The molecule has 0 aliphatic carbocycles. The lowest BCUT2D eigenvalue weighted by atomic mass is 10.5. The lowest BCUT2D eigenvalue weighted by Gasteiger charge is -1.65. The average Bonchev–Trinajstić information content (AvgIpc) is 1.61. The van der Waals surface area contributed by atoms with Crippen LogP contribution in [0.4, 0.5) is 0 Å². The predicted octanol–water partition coefficient (Wildman–Crippen LogP) is 0.447. The van der Waals surface area contributed by atoms with Crippen LogP contribution in [-0.2, 0) is 0 Å². The second kappa shape index (κ2) is 9.08. The number of rotatable bonds is 1. The van der Waals surface area contributed by atoms with Gasteiger partial charge in [0.1, 0.15) is 0 Å². The predicted molar refractivity (Wildman–Crippen MR) is 31.1 cm³/mol. The smallest absolute Gasteiger partial charge is 0.0909 e. The van der Waals surface area contributed by atoms with Crippen molar-refractivity contribution in [3.63, 3.8) is 0 Å². The minimum atomic E-state index is 0. The second-order valence-corrected chi connectivity index (χ2v) is 0.767. The Labute approximate surface area is 49.0 Å². The maximum Gasteiger partial charge on any atom is 0.0909 e. The molecule has 0 aromatic rings. The van der Waals surface area contributed by atoms with Crippen LogP contribution in [0, 0.1) is 11.3 Å². The van der Waals surface area contributed by atoms with Crippen LogP contribution in [-0.4, -0.2) is 6.54 Å². The Morgan fingerprint density at radius 3 is 2.43 bits per heavy atom. The van der Waals surface area contributed by atoms with Gasteiger partial charge in [-0.2, -0.15) is 5.26 Å². The normalized spacial score (nSPS) is 7.43. The summed E-state index contributed by atoms with van der Waals surface area (Å²) in [4.78, 5) is 0. The molecule has 3 heteroatoms. The van der Waals surface area contributed by atoms with Gasteiger partial charge >= 0.3 is 0 Å². The first-order valence-electron chi connectivity index (χ1n) is 1.66. The second-order valence-electron chi connectivity index (χ2n) is 0.767. The Morgan fingerprint density at radius 1 is 1.71 bits per heavy atom. The molecule has 0 aliphatic heterocycles. The molecule has 0 fully saturated rings. The monoisotopic (exact) mass is 118 g/mol. The number of halogens is 1. The molecule has 40 valence electrons. The van der Waals surface area contributed by atoms with Crippen molar-refractivity contribution in [1.29, 1.82) is 5.26 Å². The van der Waals surface area contributed by atoms with Crippen LogP contribution < -0.4 is 5.73 Å². The highest BCUT2D eigenvalue weighted by Crippen LogP contribution is 1.59. The molecule has 0 amide bonds. The van der Waals surface area contributed by atoms with E-state index in [0.717, 1.165) is 0 Å². The van der Waals surface area contributed by atoms with Gasteiger partial charge in [0.05, 0.1) is 6.07 Å². The summed E-state index contributed by atoms with van der Waals surface area (Å²) in [6, 6.07) is 1.81. The number of hydrogen-bond acceptors (Lipinski definition) is 2. The summed E-state index contributed by atoms with van der Waals surface area (Å²) in [7, 11) is 0. The van der Waals surface area contributed by atoms with Gasteiger partial charge in [-0.1, -0.05) is 6.08 Å². The molecule has 0 rings (SSSR count). The molecule has 0 aliphatic rings. The number of hydrogen-bond donors (Lipinski definition) is 1. The standard InChI is InChI=1S/C4H6N2.ClH/c5-3-1-2-4-6;/h1-2H,3,5H2;1H/b2-1+;. The van der Waals surface area contributed by atoms with Crippen molar-refractivity contribution in [1.82, 2.24) is 0 Å². The van der Waals surface area contributed by atoms with Crippen LogP contribution in [0.5, 0.6) is 0 Å². The Bertz CT molecular complexity index is 82.2. The quantitative estimate of drug-likeness (QED) is 0.508. The summed E-state index contributed by atoms with van der Waals surface area (Å²) in [6.07, 6.45) is 2.96. The van der Waals surface area contributed by atoms with Crippen molar-refractivity contribution in [3.8, 4) is 6.07 Å². The zero-order chi connectivity index (χ0) is 4.83. The summed E-state index contributed by atoms with van der Waals surface area (Å²) < 4.78 is 0. The highest BCUT2D eigenvalue weighted by Gasteiger charge is 1.57. The number of nitriles is 1. The largest absolute Gasteiger partial charge is 0.327 e. The van der Waals surface area contributed by atoms with E-state index in [1.54, 1.807) is 6.08 Å². The van der Waals surface area contributed by atoms with Gasteiger partial charge in [-0.25, -0.2) is 0 Å². The topological polar surface area (TPSA) is 49.8 Å². The summed E-state index contributed by atoms with van der Waals surface area (Å²) >= 11 is 0. The van der Waals surface area contributed by atoms with Gasteiger partial charge in [0.25, 0.3) is 0 Å². The van der Waals surface area contributed by atoms with Gasteiger partial charge in [0.15, 0.2) is 0 Å². The molecule has 0 atom stereocenters. The first kappa shape index (κ1) is 9.70. The van der Waals surface area contributed by atoms with Gasteiger partial charge in [0.2, 0.25) is 0 Å². The lowest BCUT2D eigenvalue weighted by Crippen LogP contribution is -1.91. The fourth-order valence-corrected chi connectivity index (χ4v) is 0.121. The molecule has 0 radical (unpaired) electrons. The summed E-state index contributed by atoms with van der Waals surface area (Å²) in [5, 5.41) is 7.80. The molecule has 0 saturated heterocycles. The van der Waals surface area contributed by atoms with E-state index in [1.807, 2.05) is 6.07 Å². The first-order valence-corrected chi connectivity index (χ1v) is 1.66. The van der Waals surface area contributed by atoms with Crippen molar-refractivity contribution >= 4 is 12.4 Å². The highest BCUT2D eigenvalue weighted by molar-refractivity contribution is 5.85. The highest BCUT2D eigenvalue weighted by atomic mass is 35.5.